The minimum Gasteiger partial charge on any atom is -0.379 e. The van der Waals surface area contributed by atoms with Gasteiger partial charge in [-0.3, -0.25) is 14.7 Å². The van der Waals surface area contributed by atoms with Crippen molar-refractivity contribution in [2.75, 3.05) is 52.5 Å². The Morgan fingerprint density at radius 3 is 2.80 bits per heavy atom. The summed E-state index contributed by atoms with van der Waals surface area (Å²) in [5.41, 5.74) is 0.928. The zero-order chi connectivity index (χ0) is 21.3. The molecule has 0 spiro atoms. The van der Waals surface area contributed by atoms with Crippen LogP contribution in [-0.2, 0) is 9.53 Å². The lowest BCUT2D eigenvalue weighted by Gasteiger charge is -2.34. The molecule has 2 saturated heterocycles. The van der Waals surface area contributed by atoms with Crippen LogP contribution in [0.25, 0.3) is 0 Å². The summed E-state index contributed by atoms with van der Waals surface area (Å²) >= 11 is 0. The third-order valence-corrected chi connectivity index (χ3v) is 5.67. The topological polar surface area (TPSA) is 69.2 Å². The summed E-state index contributed by atoms with van der Waals surface area (Å²) in [6, 6.07) is 6.96. The fraction of sp³-hybridized carbons (Fsp3) is 0.636. The third kappa shape index (κ3) is 6.15. The zero-order valence-electron chi connectivity index (χ0n) is 18.1. The molecule has 1 amide bonds. The SMILES string of the molecule is CCNC(=NCC(c1cccc(F)c1)N1CCOCC1)NC1CCN(C(=O)CC)C1. The summed E-state index contributed by atoms with van der Waals surface area (Å²) in [5.74, 6) is 0.703. The van der Waals surface area contributed by atoms with E-state index in [1.807, 2.05) is 24.8 Å². The van der Waals surface area contributed by atoms with Gasteiger partial charge >= 0.3 is 0 Å². The van der Waals surface area contributed by atoms with E-state index in [-0.39, 0.29) is 23.8 Å². The molecule has 2 heterocycles. The summed E-state index contributed by atoms with van der Waals surface area (Å²) in [4.78, 5) is 21.0. The minimum atomic E-state index is -0.230. The molecule has 0 aliphatic carbocycles. The highest BCUT2D eigenvalue weighted by molar-refractivity contribution is 5.80. The molecule has 1 aromatic rings. The second kappa shape index (κ2) is 11.3. The Morgan fingerprint density at radius 1 is 1.30 bits per heavy atom. The first-order valence-electron chi connectivity index (χ1n) is 11.0. The smallest absolute Gasteiger partial charge is 0.222 e. The van der Waals surface area contributed by atoms with E-state index in [1.165, 1.54) is 6.07 Å². The Balaban J connectivity index is 1.70. The molecule has 2 atom stereocenters. The van der Waals surface area contributed by atoms with Crippen LogP contribution in [-0.4, -0.2) is 80.2 Å². The number of halogens is 1. The van der Waals surface area contributed by atoms with Crippen molar-refractivity contribution in [3.63, 3.8) is 0 Å². The van der Waals surface area contributed by atoms with E-state index >= 15 is 0 Å². The number of carbonyl (C=O) groups excluding carboxylic acids is 1. The Morgan fingerprint density at radius 2 is 2.10 bits per heavy atom. The molecule has 2 aliphatic heterocycles. The number of nitrogens with zero attached hydrogens (tertiary/aromatic N) is 3. The summed E-state index contributed by atoms with van der Waals surface area (Å²) in [6.45, 7) is 9.64. The van der Waals surface area contributed by atoms with Gasteiger partial charge < -0.3 is 20.3 Å². The van der Waals surface area contributed by atoms with Crippen LogP contribution in [0.4, 0.5) is 4.39 Å². The molecule has 0 radical (unpaired) electrons. The van der Waals surface area contributed by atoms with E-state index in [1.54, 1.807) is 12.1 Å². The Labute approximate surface area is 178 Å². The molecule has 166 valence electrons. The predicted octanol–water partition coefficient (Wildman–Crippen LogP) is 1.77. The van der Waals surface area contributed by atoms with E-state index in [2.05, 4.69) is 15.5 Å². The average molecular weight is 420 g/mol. The number of carbonyl (C=O) groups is 1. The summed E-state index contributed by atoms with van der Waals surface area (Å²) in [7, 11) is 0. The lowest BCUT2D eigenvalue weighted by Crippen LogP contribution is -2.46. The molecule has 1 aromatic carbocycles. The molecular weight excluding hydrogens is 385 g/mol. The number of aliphatic imine (C=N–C) groups is 1. The standard InChI is InChI=1S/C22H34FN5O2/c1-3-21(29)28-9-8-19(16-28)26-22(24-4-2)25-15-20(27-10-12-30-13-11-27)17-6-5-7-18(23)14-17/h5-7,14,19-20H,3-4,8-13,15-16H2,1-2H3,(H2,24,25,26). The van der Waals surface area contributed by atoms with Crippen molar-refractivity contribution in [2.45, 2.75) is 38.8 Å². The largest absolute Gasteiger partial charge is 0.379 e. The van der Waals surface area contributed by atoms with Crippen molar-refractivity contribution in [3.8, 4) is 0 Å². The number of nitrogens with one attached hydrogen (secondary N) is 2. The number of amides is 1. The summed E-state index contributed by atoms with van der Waals surface area (Å²) in [5, 5.41) is 6.78. The molecule has 0 aromatic heterocycles. The fourth-order valence-electron chi connectivity index (χ4n) is 4.05. The first-order valence-corrected chi connectivity index (χ1v) is 11.0. The molecule has 2 N–H and O–H groups in total. The van der Waals surface area contributed by atoms with Gasteiger partial charge in [0, 0.05) is 45.2 Å². The third-order valence-electron chi connectivity index (χ3n) is 5.67. The monoisotopic (exact) mass is 419 g/mol. The van der Waals surface area contributed by atoms with E-state index in [0.29, 0.717) is 32.7 Å². The zero-order valence-corrected chi connectivity index (χ0v) is 18.1. The van der Waals surface area contributed by atoms with Crippen molar-refractivity contribution < 1.29 is 13.9 Å². The molecule has 30 heavy (non-hydrogen) atoms. The van der Waals surface area contributed by atoms with Crippen LogP contribution in [0.1, 0.15) is 38.3 Å². The van der Waals surface area contributed by atoms with Crippen LogP contribution in [0.3, 0.4) is 0 Å². The Bertz CT molecular complexity index is 723. The first-order chi connectivity index (χ1) is 14.6. The van der Waals surface area contributed by atoms with Gasteiger partial charge in [-0.2, -0.15) is 0 Å². The minimum absolute atomic E-state index is 0.0122. The van der Waals surface area contributed by atoms with Gasteiger partial charge in [-0.1, -0.05) is 19.1 Å². The van der Waals surface area contributed by atoms with Crippen LogP contribution >= 0.6 is 0 Å². The van der Waals surface area contributed by atoms with E-state index in [0.717, 1.165) is 44.1 Å². The lowest BCUT2D eigenvalue weighted by atomic mass is 10.0. The van der Waals surface area contributed by atoms with E-state index < -0.39 is 0 Å². The predicted molar refractivity (Wildman–Crippen MR) is 116 cm³/mol. The molecule has 2 unspecified atom stereocenters. The van der Waals surface area contributed by atoms with Crippen molar-refractivity contribution in [2.24, 2.45) is 4.99 Å². The maximum atomic E-state index is 13.9. The number of likely N-dealkylation sites (tertiary alicyclic amines) is 1. The first kappa shape index (κ1) is 22.5. The molecule has 3 rings (SSSR count). The van der Waals surface area contributed by atoms with Gasteiger partial charge in [0.25, 0.3) is 0 Å². The number of hydrogen-bond donors (Lipinski definition) is 2. The second-order valence-electron chi connectivity index (χ2n) is 7.76. The quantitative estimate of drug-likeness (QED) is 0.521. The van der Waals surface area contributed by atoms with Crippen molar-refractivity contribution in [1.29, 1.82) is 0 Å². The number of guanidine groups is 1. The highest BCUT2D eigenvalue weighted by Crippen LogP contribution is 2.23. The Kier molecular flexibility index (Phi) is 8.45. The number of morpholine rings is 1. The lowest BCUT2D eigenvalue weighted by molar-refractivity contribution is -0.129. The van der Waals surface area contributed by atoms with Crippen molar-refractivity contribution in [1.82, 2.24) is 20.4 Å². The second-order valence-corrected chi connectivity index (χ2v) is 7.76. The molecule has 0 bridgehead atoms. The Hall–Kier alpha value is -2.19. The van der Waals surface area contributed by atoms with Crippen molar-refractivity contribution in [3.05, 3.63) is 35.6 Å². The van der Waals surface area contributed by atoms with Crippen molar-refractivity contribution >= 4 is 11.9 Å². The van der Waals surface area contributed by atoms with Crippen LogP contribution in [0.15, 0.2) is 29.3 Å². The van der Waals surface area contributed by atoms with Gasteiger partial charge in [0.15, 0.2) is 5.96 Å². The summed E-state index contributed by atoms with van der Waals surface area (Å²) < 4.78 is 19.4. The van der Waals surface area contributed by atoms with Gasteiger partial charge in [-0.15, -0.1) is 0 Å². The molecule has 8 heteroatoms. The van der Waals surface area contributed by atoms with Gasteiger partial charge in [0.2, 0.25) is 5.91 Å². The van der Waals surface area contributed by atoms with Crippen LogP contribution in [0.5, 0.6) is 0 Å². The number of ether oxygens (including phenoxy) is 1. The maximum Gasteiger partial charge on any atom is 0.222 e. The van der Waals surface area contributed by atoms with Crippen LogP contribution in [0, 0.1) is 5.82 Å². The van der Waals surface area contributed by atoms with Gasteiger partial charge in [0.05, 0.1) is 25.8 Å². The fourth-order valence-corrected chi connectivity index (χ4v) is 4.05. The highest BCUT2D eigenvalue weighted by Gasteiger charge is 2.27. The molecule has 7 nitrogen and oxygen atoms in total. The van der Waals surface area contributed by atoms with Gasteiger partial charge in [0.1, 0.15) is 5.82 Å². The number of hydrogen-bond acceptors (Lipinski definition) is 4. The molecular formula is C22H34FN5O2. The highest BCUT2D eigenvalue weighted by atomic mass is 19.1. The summed E-state index contributed by atoms with van der Waals surface area (Å²) in [6.07, 6.45) is 1.45. The van der Waals surface area contributed by atoms with Gasteiger partial charge in [-0.05, 0) is 31.0 Å². The van der Waals surface area contributed by atoms with E-state index in [4.69, 9.17) is 9.73 Å². The molecule has 2 aliphatic rings. The van der Waals surface area contributed by atoms with Crippen LogP contribution < -0.4 is 10.6 Å². The number of rotatable bonds is 7. The van der Waals surface area contributed by atoms with E-state index in [9.17, 15) is 9.18 Å². The van der Waals surface area contributed by atoms with Crippen LogP contribution in [0.2, 0.25) is 0 Å². The molecule has 2 fully saturated rings. The normalized spacial score (nSPS) is 21.5. The molecule has 0 saturated carbocycles. The number of benzene rings is 1. The maximum absolute atomic E-state index is 13.9. The van der Waals surface area contributed by atoms with Gasteiger partial charge in [-0.25, -0.2) is 4.39 Å². The average Bonchev–Trinajstić information content (AvgIpc) is 3.23.